The van der Waals surface area contributed by atoms with Crippen LogP contribution in [-0.4, -0.2) is 12.1 Å². The number of nitrogens with zero attached hydrogens (tertiary/aromatic N) is 1. The Balaban J connectivity index is 1.98. The van der Waals surface area contributed by atoms with E-state index in [1.54, 1.807) is 24.3 Å². The smallest absolute Gasteiger partial charge is 0.267 e. The number of amides is 1. The molecule has 3 nitrogen and oxygen atoms in total. The molecule has 0 heterocycles. The molecule has 0 aliphatic carbocycles. The monoisotopic (exact) mass is 276 g/mol. The van der Waals surface area contributed by atoms with Crippen LogP contribution in [0.5, 0.6) is 0 Å². The number of carbonyl (C=O) groups is 1. The Morgan fingerprint density at radius 3 is 2.63 bits per heavy atom. The minimum absolute atomic E-state index is 0.338. The fourth-order valence-corrected chi connectivity index (χ4v) is 1.62. The summed E-state index contributed by atoms with van der Waals surface area (Å²) in [6.07, 6.45) is 1.48. The quantitative estimate of drug-likeness (QED) is 0.679. The lowest BCUT2D eigenvalue weighted by atomic mass is 10.2. The second-order valence-corrected chi connectivity index (χ2v) is 4.20. The third kappa shape index (κ3) is 3.89. The highest BCUT2D eigenvalue weighted by Gasteiger charge is 2.03. The van der Waals surface area contributed by atoms with Crippen molar-refractivity contribution in [1.29, 1.82) is 0 Å². The van der Waals surface area contributed by atoms with Gasteiger partial charge < -0.3 is 0 Å². The van der Waals surface area contributed by atoms with Crippen molar-refractivity contribution < 1.29 is 9.18 Å². The molecule has 0 aromatic heterocycles. The Morgan fingerprint density at radius 2 is 1.95 bits per heavy atom. The lowest BCUT2D eigenvalue weighted by Gasteiger charge is -1.99. The lowest BCUT2D eigenvalue weighted by Crippen LogP contribution is -2.17. The summed E-state index contributed by atoms with van der Waals surface area (Å²) in [7, 11) is 0. The van der Waals surface area contributed by atoms with Crippen LogP contribution in [0.1, 0.15) is 15.9 Å². The predicted molar refractivity (Wildman–Crippen MR) is 72.9 cm³/mol. The van der Waals surface area contributed by atoms with Crippen LogP contribution in [0, 0.1) is 5.82 Å². The molecular formula is C14H10ClFN2O. The molecule has 0 radical (unpaired) electrons. The van der Waals surface area contributed by atoms with Crippen molar-refractivity contribution in [1.82, 2.24) is 5.43 Å². The molecule has 0 aliphatic rings. The van der Waals surface area contributed by atoms with E-state index in [-0.39, 0.29) is 5.82 Å². The molecule has 5 heteroatoms. The summed E-state index contributed by atoms with van der Waals surface area (Å²) >= 11 is 5.81. The van der Waals surface area contributed by atoms with Crippen LogP contribution in [0.3, 0.4) is 0 Å². The summed E-state index contributed by atoms with van der Waals surface area (Å²) in [4.78, 5) is 11.6. The van der Waals surface area contributed by atoms with Gasteiger partial charge in [-0.1, -0.05) is 23.7 Å². The molecule has 0 spiro atoms. The molecule has 0 bridgehead atoms. The standard InChI is InChI=1S/C14H10ClFN2O/c15-12-3-1-2-10(8-12)9-17-18-14(19)11-4-6-13(16)7-5-11/h1-9H,(H,18,19). The summed E-state index contributed by atoms with van der Waals surface area (Å²) in [5.74, 6) is -0.794. The van der Waals surface area contributed by atoms with Gasteiger partial charge in [0.2, 0.25) is 0 Å². The zero-order valence-electron chi connectivity index (χ0n) is 9.81. The number of benzene rings is 2. The molecule has 2 aromatic rings. The van der Waals surface area contributed by atoms with Gasteiger partial charge in [-0.2, -0.15) is 5.10 Å². The summed E-state index contributed by atoms with van der Waals surface area (Å²) < 4.78 is 12.7. The minimum atomic E-state index is -0.404. The largest absolute Gasteiger partial charge is 0.271 e. The Hall–Kier alpha value is -2.20. The van der Waals surface area contributed by atoms with Crippen molar-refractivity contribution in [2.75, 3.05) is 0 Å². The van der Waals surface area contributed by atoms with E-state index in [1.807, 2.05) is 0 Å². The first-order valence-electron chi connectivity index (χ1n) is 5.50. The summed E-state index contributed by atoms with van der Waals surface area (Å²) in [5.41, 5.74) is 3.46. The molecule has 0 fully saturated rings. The number of hydrazone groups is 1. The summed E-state index contributed by atoms with van der Waals surface area (Å²) in [6.45, 7) is 0. The maximum atomic E-state index is 12.7. The fraction of sp³-hybridized carbons (Fsp3) is 0. The van der Waals surface area contributed by atoms with E-state index in [0.29, 0.717) is 10.6 Å². The van der Waals surface area contributed by atoms with Crippen molar-refractivity contribution in [3.05, 3.63) is 70.5 Å². The van der Waals surface area contributed by atoms with Gasteiger partial charge in [0.25, 0.3) is 5.91 Å². The van der Waals surface area contributed by atoms with Gasteiger partial charge in [0, 0.05) is 10.6 Å². The molecule has 19 heavy (non-hydrogen) atoms. The first-order valence-corrected chi connectivity index (χ1v) is 5.87. The van der Waals surface area contributed by atoms with Gasteiger partial charge in [-0.15, -0.1) is 0 Å². The molecule has 1 amide bonds. The van der Waals surface area contributed by atoms with Crippen LogP contribution >= 0.6 is 11.6 Å². The summed E-state index contributed by atoms with van der Waals surface area (Å²) in [5, 5.41) is 4.40. The van der Waals surface area contributed by atoms with Crippen molar-refractivity contribution in [2.24, 2.45) is 5.10 Å². The van der Waals surface area contributed by atoms with Crippen LogP contribution in [0.2, 0.25) is 5.02 Å². The van der Waals surface area contributed by atoms with E-state index in [1.165, 1.54) is 30.5 Å². The van der Waals surface area contributed by atoms with E-state index < -0.39 is 5.91 Å². The highest BCUT2D eigenvalue weighted by atomic mass is 35.5. The molecule has 2 rings (SSSR count). The molecule has 0 aliphatic heterocycles. The van der Waals surface area contributed by atoms with Crippen molar-refractivity contribution in [3.63, 3.8) is 0 Å². The van der Waals surface area contributed by atoms with Crippen LogP contribution in [0.25, 0.3) is 0 Å². The molecule has 0 unspecified atom stereocenters. The van der Waals surface area contributed by atoms with E-state index >= 15 is 0 Å². The van der Waals surface area contributed by atoms with Crippen molar-refractivity contribution >= 4 is 23.7 Å². The zero-order valence-corrected chi connectivity index (χ0v) is 10.6. The SMILES string of the molecule is O=C(NN=Cc1cccc(Cl)c1)c1ccc(F)cc1. The first-order chi connectivity index (χ1) is 9.15. The number of rotatable bonds is 3. The third-order valence-electron chi connectivity index (χ3n) is 2.33. The Labute approximate surface area is 114 Å². The number of hydrogen-bond acceptors (Lipinski definition) is 2. The first kappa shape index (κ1) is 13.2. The van der Waals surface area contributed by atoms with Gasteiger partial charge in [-0.3, -0.25) is 4.79 Å². The van der Waals surface area contributed by atoms with Gasteiger partial charge in [0.1, 0.15) is 5.82 Å². The molecule has 2 aromatic carbocycles. The van der Waals surface area contributed by atoms with Gasteiger partial charge in [0.15, 0.2) is 0 Å². The van der Waals surface area contributed by atoms with Crippen LogP contribution in [0.15, 0.2) is 53.6 Å². The Bertz CT molecular complexity index is 611. The highest BCUT2D eigenvalue weighted by Crippen LogP contribution is 2.08. The zero-order chi connectivity index (χ0) is 13.7. The maximum Gasteiger partial charge on any atom is 0.271 e. The average Bonchev–Trinajstić information content (AvgIpc) is 2.39. The number of nitrogens with one attached hydrogen (secondary N) is 1. The number of halogens is 2. The topological polar surface area (TPSA) is 41.5 Å². The van der Waals surface area contributed by atoms with E-state index in [4.69, 9.17) is 11.6 Å². The molecule has 0 saturated heterocycles. The highest BCUT2D eigenvalue weighted by molar-refractivity contribution is 6.30. The average molecular weight is 277 g/mol. The predicted octanol–water partition coefficient (Wildman–Crippen LogP) is 3.24. The normalized spacial score (nSPS) is 10.6. The van der Waals surface area contributed by atoms with E-state index in [9.17, 15) is 9.18 Å². The molecule has 0 saturated carbocycles. The van der Waals surface area contributed by atoms with Gasteiger partial charge in [-0.05, 0) is 42.0 Å². The van der Waals surface area contributed by atoms with E-state index in [0.717, 1.165) is 5.56 Å². The maximum absolute atomic E-state index is 12.7. The molecular weight excluding hydrogens is 267 g/mol. The van der Waals surface area contributed by atoms with Crippen LogP contribution in [-0.2, 0) is 0 Å². The van der Waals surface area contributed by atoms with Crippen LogP contribution < -0.4 is 5.43 Å². The number of carbonyl (C=O) groups excluding carboxylic acids is 1. The van der Waals surface area contributed by atoms with E-state index in [2.05, 4.69) is 10.5 Å². The fourth-order valence-electron chi connectivity index (χ4n) is 1.42. The third-order valence-corrected chi connectivity index (χ3v) is 2.57. The number of hydrogen-bond donors (Lipinski definition) is 1. The molecule has 96 valence electrons. The van der Waals surface area contributed by atoms with Gasteiger partial charge >= 0.3 is 0 Å². The second kappa shape index (κ2) is 6.11. The van der Waals surface area contributed by atoms with Gasteiger partial charge in [-0.25, -0.2) is 9.82 Å². The van der Waals surface area contributed by atoms with Gasteiger partial charge in [0.05, 0.1) is 6.21 Å². The lowest BCUT2D eigenvalue weighted by molar-refractivity contribution is 0.0955. The van der Waals surface area contributed by atoms with Crippen LogP contribution in [0.4, 0.5) is 4.39 Å². The summed E-state index contributed by atoms with van der Waals surface area (Å²) in [6, 6.07) is 12.3. The molecule has 1 N–H and O–H groups in total. The van der Waals surface area contributed by atoms with Crippen molar-refractivity contribution in [2.45, 2.75) is 0 Å². The minimum Gasteiger partial charge on any atom is -0.267 e. The Kier molecular flexibility index (Phi) is 4.26. The Morgan fingerprint density at radius 1 is 1.21 bits per heavy atom. The molecule has 0 atom stereocenters. The van der Waals surface area contributed by atoms with Crippen molar-refractivity contribution in [3.8, 4) is 0 Å². The second-order valence-electron chi connectivity index (χ2n) is 3.76.